The minimum atomic E-state index is -0.491. The fourth-order valence-corrected chi connectivity index (χ4v) is 1.51. The molecule has 1 heterocycles. The third-order valence-corrected chi connectivity index (χ3v) is 2.36. The highest BCUT2D eigenvalue weighted by molar-refractivity contribution is 5.87. The number of anilines is 1. The first-order chi connectivity index (χ1) is 9.19. The van der Waals surface area contributed by atoms with E-state index in [1.165, 1.54) is 6.07 Å². The number of hydrogen-bond donors (Lipinski definition) is 1. The Morgan fingerprint density at radius 1 is 1.42 bits per heavy atom. The summed E-state index contributed by atoms with van der Waals surface area (Å²) < 4.78 is 9.83. The molecule has 1 aromatic carbocycles. The maximum Gasteiger partial charge on any atom is 0.360 e. The van der Waals surface area contributed by atoms with Crippen LogP contribution in [0.4, 0.5) is 5.69 Å². The minimum absolute atomic E-state index is 0.161. The molecular weight excluding hydrogens is 244 g/mol. The van der Waals surface area contributed by atoms with Crippen molar-refractivity contribution in [2.75, 3.05) is 12.3 Å². The van der Waals surface area contributed by atoms with Crippen molar-refractivity contribution < 1.29 is 14.1 Å². The molecule has 19 heavy (non-hydrogen) atoms. The lowest BCUT2D eigenvalue weighted by atomic mass is 10.2. The smallest absolute Gasteiger partial charge is 0.360 e. The van der Waals surface area contributed by atoms with Crippen LogP contribution in [-0.4, -0.2) is 17.7 Å². The van der Waals surface area contributed by atoms with E-state index in [1.807, 2.05) is 30.3 Å². The van der Waals surface area contributed by atoms with E-state index >= 15 is 0 Å². The number of nitrogens with two attached hydrogens (primary N) is 1. The summed E-state index contributed by atoms with van der Waals surface area (Å²) in [5.41, 5.74) is 7.46. The summed E-state index contributed by atoms with van der Waals surface area (Å²) in [7, 11) is 0. The first-order valence-electron chi connectivity index (χ1n) is 5.86. The van der Waals surface area contributed by atoms with Crippen LogP contribution in [0.3, 0.4) is 0 Å². The molecule has 0 spiro atoms. The van der Waals surface area contributed by atoms with E-state index in [-0.39, 0.29) is 5.69 Å². The van der Waals surface area contributed by atoms with Gasteiger partial charge in [0.1, 0.15) is 0 Å². The second-order valence-electron chi connectivity index (χ2n) is 3.84. The molecule has 0 amide bonds. The molecule has 0 bridgehead atoms. The lowest BCUT2D eigenvalue weighted by molar-refractivity contribution is 0.0514. The van der Waals surface area contributed by atoms with Gasteiger partial charge in [-0.1, -0.05) is 23.4 Å². The highest BCUT2D eigenvalue weighted by Gasteiger charge is 2.11. The van der Waals surface area contributed by atoms with Gasteiger partial charge in [-0.05, 0) is 30.7 Å². The maximum absolute atomic E-state index is 11.4. The first-order valence-corrected chi connectivity index (χ1v) is 5.86. The average Bonchev–Trinajstić information content (AvgIpc) is 2.86. The van der Waals surface area contributed by atoms with Gasteiger partial charge in [0.15, 0.2) is 11.5 Å². The Morgan fingerprint density at radius 3 is 3.00 bits per heavy atom. The molecule has 0 unspecified atom stereocenters. The van der Waals surface area contributed by atoms with E-state index in [0.29, 0.717) is 18.1 Å². The Morgan fingerprint density at radius 2 is 2.26 bits per heavy atom. The predicted molar refractivity (Wildman–Crippen MR) is 72.2 cm³/mol. The quantitative estimate of drug-likeness (QED) is 0.673. The molecule has 5 heteroatoms. The Balaban J connectivity index is 2.09. The average molecular weight is 258 g/mol. The first kappa shape index (κ1) is 12.9. The Kier molecular flexibility index (Phi) is 3.97. The summed E-state index contributed by atoms with van der Waals surface area (Å²) in [6.07, 6.45) is 3.54. The number of carbonyl (C=O) groups is 1. The van der Waals surface area contributed by atoms with Crippen LogP contribution in [-0.2, 0) is 4.74 Å². The molecule has 0 saturated carbocycles. The van der Waals surface area contributed by atoms with Crippen LogP contribution < -0.4 is 5.73 Å². The molecule has 0 aliphatic carbocycles. The zero-order chi connectivity index (χ0) is 13.7. The summed E-state index contributed by atoms with van der Waals surface area (Å²) in [6, 6.07) is 8.94. The second kappa shape index (κ2) is 5.86. The molecule has 5 nitrogen and oxygen atoms in total. The highest BCUT2D eigenvalue weighted by atomic mass is 16.5. The van der Waals surface area contributed by atoms with Gasteiger partial charge in [0.25, 0.3) is 0 Å². The van der Waals surface area contributed by atoms with Crippen LogP contribution in [0.25, 0.3) is 12.2 Å². The topological polar surface area (TPSA) is 78.4 Å². The van der Waals surface area contributed by atoms with Crippen molar-refractivity contribution in [1.82, 2.24) is 5.16 Å². The molecule has 0 radical (unpaired) electrons. The number of benzene rings is 1. The van der Waals surface area contributed by atoms with Crippen molar-refractivity contribution in [3.05, 3.63) is 47.3 Å². The number of ether oxygens (including phenoxy) is 1. The van der Waals surface area contributed by atoms with Crippen molar-refractivity contribution >= 4 is 23.8 Å². The van der Waals surface area contributed by atoms with Gasteiger partial charge in [-0.15, -0.1) is 0 Å². The van der Waals surface area contributed by atoms with E-state index < -0.39 is 5.97 Å². The summed E-state index contributed by atoms with van der Waals surface area (Å²) in [5.74, 6) is -0.0136. The molecular formula is C14H14N2O3. The van der Waals surface area contributed by atoms with Crippen LogP contribution in [0.5, 0.6) is 0 Å². The maximum atomic E-state index is 11.4. The van der Waals surface area contributed by atoms with E-state index in [9.17, 15) is 4.79 Å². The summed E-state index contributed by atoms with van der Waals surface area (Å²) in [4.78, 5) is 11.4. The van der Waals surface area contributed by atoms with Crippen molar-refractivity contribution in [3.63, 3.8) is 0 Å². The third kappa shape index (κ3) is 3.45. The fourth-order valence-electron chi connectivity index (χ4n) is 1.51. The molecule has 1 aromatic heterocycles. The van der Waals surface area contributed by atoms with Gasteiger partial charge in [0.05, 0.1) is 6.61 Å². The Bertz CT molecular complexity index is 602. The number of esters is 1. The van der Waals surface area contributed by atoms with Gasteiger partial charge < -0.3 is 15.0 Å². The standard InChI is InChI=1S/C14H14N2O3/c1-2-18-14(17)13-9-12(19-16-13)7-6-10-4-3-5-11(15)8-10/h3-9H,2,15H2,1H3/b7-6+. The molecule has 0 aliphatic rings. The lowest BCUT2D eigenvalue weighted by Crippen LogP contribution is -2.04. The molecule has 2 rings (SSSR count). The molecule has 2 aromatic rings. The summed E-state index contributed by atoms with van der Waals surface area (Å²) in [5, 5.41) is 3.64. The number of carbonyl (C=O) groups excluding carboxylic acids is 1. The number of hydrogen-bond acceptors (Lipinski definition) is 5. The Hall–Kier alpha value is -2.56. The van der Waals surface area contributed by atoms with Gasteiger partial charge in [0, 0.05) is 11.8 Å². The third-order valence-electron chi connectivity index (χ3n) is 2.36. The van der Waals surface area contributed by atoms with Gasteiger partial charge in [-0.25, -0.2) is 4.79 Å². The van der Waals surface area contributed by atoms with Gasteiger partial charge in [-0.2, -0.15) is 0 Å². The highest BCUT2D eigenvalue weighted by Crippen LogP contribution is 2.12. The zero-order valence-electron chi connectivity index (χ0n) is 10.5. The van der Waals surface area contributed by atoms with E-state index in [4.69, 9.17) is 15.0 Å². The van der Waals surface area contributed by atoms with Gasteiger partial charge in [-0.3, -0.25) is 0 Å². The fraction of sp³-hybridized carbons (Fsp3) is 0.143. The van der Waals surface area contributed by atoms with Crippen LogP contribution in [0.2, 0.25) is 0 Å². The van der Waals surface area contributed by atoms with Crippen molar-refractivity contribution in [1.29, 1.82) is 0 Å². The molecule has 0 fully saturated rings. The van der Waals surface area contributed by atoms with E-state index in [0.717, 1.165) is 5.56 Å². The number of aromatic nitrogens is 1. The predicted octanol–water partition coefficient (Wildman–Crippen LogP) is 2.60. The van der Waals surface area contributed by atoms with Gasteiger partial charge >= 0.3 is 5.97 Å². The van der Waals surface area contributed by atoms with Gasteiger partial charge in [0.2, 0.25) is 0 Å². The molecule has 98 valence electrons. The summed E-state index contributed by atoms with van der Waals surface area (Å²) in [6.45, 7) is 2.04. The zero-order valence-corrected chi connectivity index (χ0v) is 10.5. The second-order valence-corrected chi connectivity index (χ2v) is 3.84. The van der Waals surface area contributed by atoms with Crippen LogP contribution in [0.15, 0.2) is 34.9 Å². The van der Waals surface area contributed by atoms with E-state index in [2.05, 4.69) is 5.16 Å². The van der Waals surface area contributed by atoms with Crippen molar-refractivity contribution in [2.24, 2.45) is 0 Å². The normalized spacial score (nSPS) is 10.8. The Labute approximate surface area is 110 Å². The number of nitrogens with zero attached hydrogens (tertiary/aromatic N) is 1. The van der Waals surface area contributed by atoms with Crippen LogP contribution in [0.1, 0.15) is 28.7 Å². The van der Waals surface area contributed by atoms with Crippen LogP contribution in [0, 0.1) is 0 Å². The van der Waals surface area contributed by atoms with Crippen molar-refractivity contribution in [3.8, 4) is 0 Å². The number of rotatable bonds is 4. The van der Waals surface area contributed by atoms with Crippen LogP contribution >= 0.6 is 0 Å². The lowest BCUT2D eigenvalue weighted by Gasteiger charge is -1.94. The largest absolute Gasteiger partial charge is 0.461 e. The molecule has 0 saturated heterocycles. The number of nitrogen functional groups attached to an aromatic ring is 1. The SMILES string of the molecule is CCOC(=O)c1cc(/C=C/c2cccc(N)c2)on1. The molecule has 2 N–H and O–H groups in total. The molecule has 0 aliphatic heterocycles. The minimum Gasteiger partial charge on any atom is -0.461 e. The molecule has 0 atom stereocenters. The van der Waals surface area contributed by atoms with Crippen molar-refractivity contribution in [2.45, 2.75) is 6.92 Å². The monoisotopic (exact) mass is 258 g/mol. The summed E-state index contributed by atoms with van der Waals surface area (Å²) >= 11 is 0. The van der Waals surface area contributed by atoms with E-state index in [1.54, 1.807) is 13.0 Å².